The van der Waals surface area contributed by atoms with E-state index in [1.807, 2.05) is 12.1 Å². The maximum absolute atomic E-state index is 8.33. The molecule has 0 aliphatic heterocycles. The summed E-state index contributed by atoms with van der Waals surface area (Å²) in [6, 6.07) is 3.92. The lowest BCUT2D eigenvalue weighted by molar-refractivity contribution is 0.657. The van der Waals surface area contributed by atoms with Crippen LogP contribution >= 0.6 is 0 Å². The van der Waals surface area contributed by atoms with E-state index in [0.717, 1.165) is 6.42 Å². The van der Waals surface area contributed by atoms with Crippen LogP contribution in [0.5, 0.6) is 0 Å². The largest absolute Gasteiger partial charge is 0.197 e. The van der Waals surface area contributed by atoms with Gasteiger partial charge in [0.05, 0.1) is 12.1 Å². The summed E-state index contributed by atoms with van der Waals surface area (Å²) < 4.78 is 0. The first-order chi connectivity index (χ1) is 4.36. The normalized spacial score (nSPS) is 16.8. The molecule has 2 heteroatoms. The Balaban J connectivity index is 2.25. The summed E-state index contributed by atoms with van der Waals surface area (Å²) in [5.41, 5.74) is 0. The van der Waals surface area contributed by atoms with Crippen LogP contribution in [0, 0.1) is 34.5 Å². The maximum atomic E-state index is 8.33. The molecule has 2 nitrogen and oxygen atoms in total. The molecule has 0 spiro atoms. The lowest BCUT2D eigenvalue weighted by atomic mass is 10.1. The van der Waals surface area contributed by atoms with Crippen LogP contribution < -0.4 is 0 Å². The average Bonchev–Trinajstić information content (AvgIpc) is 2.66. The average molecular weight is 120 g/mol. The first-order valence-electron chi connectivity index (χ1n) is 3.16. The molecule has 1 aliphatic rings. The van der Waals surface area contributed by atoms with E-state index in [2.05, 4.69) is 0 Å². The van der Waals surface area contributed by atoms with Crippen LogP contribution in [-0.4, -0.2) is 0 Å². The fourth-order valence-electron chi connectivity index (χ4n) is 0.821. The Morgan fingerprint density at radius 1 is 1.33 bits per heavy atom. The molecule has 0 amide bonds. The van der Waals surface area contributed by atoms with E-state index in [1.165, 1.54) is 12.8 Å². The van der Waals surface area contributed by atoms with Gasteiger partial charge < -0.3 is 0 Å². The molecule has 0 aromatic carbocycles. The molecule has 0 aromatic heterocycles. The predicted molar refractivity (Wildman–Crippen MR) is 32.1 cm³/mol. The lowest BCUT2D eigenvalue weighted by Gasteiger charge is -1.92. The molecular formula is C7H8N2. The van der Waals surface area contributed by atoms with Gasteiger partial charge in [-0.1, -0.05) is 12.8 Å². The highest BCUT2D eigenvalue weighted by atomic mass is 14.4. The summed E-state index contributed by atoms with van der Waals surface area (Å²) in [5.74, 6) is 0.340. The van der Waals surface area contributed by atoms with Gasteiger partial charge in [0.2, 0.25) is 0 Å². The van der Waals surface area contributed by atoms with Crippen LogP contribution in [-0.2, 0) is 0 Å². The Morgan fingerprint density at radius 3 is 2.22 bits per heavy atom. The third kappa shape index (κ3) is 1.74. The fourth-order valence-corrected chi connectivity index (χ4v) is 0.821. The van der Waals surface area contributed by atoms with Gasteiger partial charge >= 0.3 is 0 Å². The quantitative estimate of drug-likeness (QED) is 0.553. The summed E-state index contributed by atoms with van der Waals surface area (Å²) in [4.78, 5) is 0. The van der Waals surface area contributed by atoms with Crippen LogP contribution in [0.4, 0.5) is 0 Å². The SMILES string of the molecule is N#CC(C#N)CC1CC1. The fraction of sp³-hybridized carbons (Fsp3) is 0.714. The van der Waals surface area contributed by atoms with Crippen molar-refractivity contribution in [2.75, 3.05) is 0 Å². The molecule has 0 bridgehead atoms. The molecule has 1 rings (SSSR count). The second-order valence-electron chi connectivity index (χ2n) is 2.49. The van der Waals surface area contributed by atoms with Crippen molar-refractivity contribution >= 4 is 0 Å². The van der Waals surface area contributed by atoms with Crippen LogP contribution in [0.3, 0.4) is 0 Å². The summed E-state index contributed by atoms with van der Waals surface area (Å²) in [5, 5.41) is 16.7. The van der Waals surface area contributed by atoms with Gasteiger partial charge in [0.25, 0.3) is 0 Å². The van der Waals surface area contributed by atoms with Crippen molar-refractivity contribution in [1.29, 1.82) is 10.5 Å². The Morgan fingerprint density at radius 2 is 1.89 bits per heavy atom. The highest BCUT2D eigenvalue weighted by Gasteiger charge is 2.24. The topological polar surface area (TPSA) is 47.6 Å². The minimum absolute atomic E-state index is 0.350. The lowest BCUT2D eigenvalue weighted by Crippen LogP contribution is -1.92. The third-order valence-electron chi connectivity index (χ3n) is 1.58. The Bertz CT molecular complexity index is 154. The van der Waals surface area contributed by atoms with Gasteiger partial charge in [-0.15, -0.1) is 0 Å². The van der Waals surface area contributed by atoms with Crippen molar-refractivity contribution in [3.63, 3.8) is 0 Å². The van der Waals surface area contributed by atoms with Gasteiger partial charge in [-0.2, -0.15) is 10.5 Å². The predicted octanol–water partition coefficient (Wildman–Crippen LogP) is 1.45. The maximum Gasteiger partial charge on any atom is 0.133 e. The first-order valence-corrected chi connectivity index (χ1v) is 3.16. The molecule has 46 valence electrons. The Labute approximate surface area is 54.7 Å². The zero-order valence-corrected chi connectivity index (χ0v) is 5.17. The standard InChI is InChI=1S/C7H8N2/c8-4-7(5-9)3-6-1-2-6/h6-7H,1-3H2. The summed E-state index contributed by atoms with van der Waals surface area (Å²) in [6.45, 7) is 0. The number of hydrogen-bond acceptors (Lipinski definition) is 2. The third-order valence-corrected chi connectivity index (χ3v) is 1.58. The van der Waals surface area contributed by atoms with Crippen molar-refractivity contribution in [3.8, 4) is 12.1 Å². The van der Waals surface area contributed by atoms with Crippen LogP contribution in [0.15, 0.2) is 0 Å². The minimum atomic E-state index is -0.350. The van der Waals surface area contributed by atoms with Gasteiger partial charge in [0.1, 0.15) is 5.92 Å². The molecule has 1 saturated carbocycles. The highest BCUT2D eigenvalue weighted by molar-refractivity contribution is 5.01. The molecule has 0 saturated heterocycles. The van der Waals surface area contributed by atoms with Crippen molar-refractivity contribution in [2.24, 2.45) is 11.8 Å². The monoisotopic (exact) mass is 120 g/mol. The molecule has 0 aromatic rings. The van der Waals surface area contributed by atoms with Crippen molar-refractivity contribution in [2.45, 2.75) is 19.3 Å². The van der Waals surface area contributed by atoms with Gasteiger partial charge in [-0.3, -0.25) is 0 Å². The van der Waals surface area contributed by atoms with E-state index >= 15 is 0 Å². The molecule has 1 aliphatic carbocycles. The van der Waals surface area contributed by atoms with E-state index in [0.29, 0.717) is 5.92 Å². The molecule has 9 heavy (non-hydrogen) atoms. The highest BCUT2D eigenvalue weighted by Crippen LogP contribution is 2.34. The number of rotatable bonds is 2. The van der Waals surface area contributed by atoms with Crippen molar-refractivity contribution in [1.82, 2.24) is 0 Å². The van der Waals surface area contributed by atoms with E-state index in [4.69, 9.17) is 10.5 Å². The van der Waals surface area contributed by atoms with E-state index in [9.17, 15) is 0 Å². The minimum Gasteiger partial charge on any atom is -0.197 e. The zero-order chi connectivity index (χ0) is 6.69. The van der Waals surface area contributed by atoms with E-state index < -0.39 is 0 Å². The van der Waals surface area contributed by atoms with Gasteiger partial charge in [-0.25, -0.2) is 0 Å². The molecule has 0 radical (unpaired) electrons. The summed E-state index contributed by atoms with van der Waals surface area (Å²) >= 11 is 0. The van der Waals surface area contributed by atoms with E-state index in [-0.39, 0.29) is 5.92 Å². The van der Waals surface area contributed by atoms with Crippen molar-refractivity contribution < 1.29 is 0 Å². The molecule has 0 unspecified atom stereocenters. The molecule has 0 N–H and O–H groups in total. The zero-order valence-electron chi connectivity index (χ0n) is 5.17. The van der Waals surface area contributed by atoms with Crippen LogP contribution in [0.25, 0.3) is 0 Å². The molecular weight excluding hydrogens is 112 g/mol. The number of hydrogen-bond donors (Lipinski definition) is 0. The van der Waals surface area contributed by atoms with Gasteiger partial charge in [-0.05, 0) is 12.3 Å². The molecule has 1 fully saturated rings. The second kappa shape index (κ2) is 2.51. The summed E-state index contributed by atoms with van der Waals surface area (Å²) in [7, 11) is 0. The summed E-state index contributed by atoms with van der Waals surface area (Å²) in [6.07, 6.45) is 3.24. The van der Waals surface area contributed by atoms with Crippen molar-refractivity contribution in [3.05, 3.63) is 0 Å². The van der Waals surface area contributed by atoms with Crippen LogP contribution in [0.1, 0.15) is 19.3 Å². The van der Waals surface area contributed by atoms with E-state index in [1.54, 1.807) is 0 Å². The smallest absolute Gasteiger partial charge is 0.133 e. The van der Waals surface area contributed by atoms with Crippen LogP contribution in [0.2, 0.25) is 0 Å². The molecule has 0 atom stereocenters. The van der Waals surface area contributed by atoms with Gasteiger partial charge in [0.15, 0.2) is 0 Å². The first kappa shape index (κ1) is 6.11. The number of nitriles is 2. The Hall–Kier alpha value is -1.02. The number of nitrogens with zero attached hydrogens (tertiary/aromatic N) is 2. The Kier molecular flexibility index (Phi) is 1.70. The molecule has 0 heterocycles. The van der Waals surface area contributed by atoms with Gasteiger partial charge in [0, 0.05) is 0 Å². The second-order valence-corrected chi connectivity index (χ2v) is 2.49.